The van der Waals surface area contributed by atoms with Gasteiger partial charge in [0.05, 0.1) is 36.0 Å². The Morgan fingerprint density at radius 1 is 1.21 bits per heavy atom. The van der Waals surface area contributed by atoms with Crippen molar-refractivity contribution in [1.29, 1.82) is 0 Å². The number of ether oxygens (including phenoxy) is 2. The maximum Gasteiger partial charge on any atom is 0.252 e. The summed E-state index contributed by atoms with van der Waals surface area (Å²) in [5.74, 6) is 1.25. The minimum atomic E-state index is -0.143. The van der Waals surface area contributed by atoms with Gasteiger partial charge in [-0.1, -0.05) is 0 Å². The molecule has 1 aliphatic heterocycles. The molecule has 2 fully saturated rings. The van der Waals surface area contributed by atoms with Crippen LogP contribution in [0.2, 0.25) is 0 Å². The number of hydrogen-bond acceptors (Lipinski definition) is 7. The Bertz CT molecular complexity index is 1090. The second-order valence-electron chi connectivity index (χ2n) is 8.59. The number of imidazole rings is 1. The Morgan fingerprint density at radius 2 is 2.03 bits per heavy atom. The molecule has 0 bridgehead atoms. The van der Waals surface area contributed by atoms with E-state index in [1.807, 2.05) is 37.8 Å². The lowest BCUT2D eigenvalue weighted by atomic mass is 9.93. The highest BCUT2D eigenvalue weighted by molar-refractivity contribution is 5.98. The predicted molar refractivity (Wildman–Crippen MR) is 125 cm³/mol. The van der Waals surface area contributed by atoms with Gasteiger partial charge in [-0.05, 0) is 38.7 Å². The van der Waals surface area contributed by atoms with Crippen molar-refractivity contribution in [2.75, 3.05) is 37.7 Å². The van der Waals surface area contributed by atoms with Gasteiger partial charge < -0.3 is 24.3 Å². The molecule has 5 rings (SSSR count). The van der Waals surface area contributed by atoms with Crippen molar-refractivity contribution < 1.29 is 14.3 Å². The number of rotatable bonds is 6. The lowest BCUT2D eigenvalue weighted by Crippen LogP contribution is -2.36. The fourth-order valence-electron chi connectivity index (χ4n) is 4.62. The summed E-state index contributed by atoms with van der Waals surface area (Å²) < 4.78 is 14.2. The van der Waals surface area contributed by atoms with E-state index in [0.29, 0.717) is 37.2 Å². The van der Waals surface area contributed by atoms with Gasteiger partial charge in [0.2, 0.25) is 5.88 Å². The number of fused-ring (bicyclic) bond motifs is 1. The Labute approximate surface area is 193 Å². The molecule has 0 spiro atoms. The van der Waals surface area contributed by atoms with E-state index in [2.05, 4.69) is 24.8 Å². The summed E-state index contributed by atoms with van der Waals surface area (Å²) in [6.07, 6.45) is 11.4. The summed E-state index contributed by atoms with van der Waals surface area (Å²) in [6, 6.07) is 4.28. The van der Waals surface area contributed by atoms with E-state index in [0.717, 1.165) is 55.5 Å². The van der Waals surface area contributed by atoms with E-state index >= 15 is 0 Å². The predicted octanol–water partition coefficient (Wildman–Crippen LogP) is 2.98. The van der Waals surface area contributed by atoms with Crippen molar-refractivity contribution in [3.05, 3.63) is 42.6 Å². The fraction of sp³-hybridized carbons (Fsp3) is 0.500. The van der Waals surface area contributed by atoms with E-state index < -0.39 is 0 Å². The number of anilines is 1. The van der Waals surface area contributed by atoms with E-state index in [1.54, 1.807) is 6.20 Å². The van der Waals surface area contributed by atoms with Crippen LogP contribution >= 0.6 is 0 Å². The molecular formula is C24H30N6O3. The molecule has 4 heterocycles. The zero-order valence-corrected chi connectivity index (χ0v) is 18.9. The van der Waals surface area contributed by atoms with Crippen LogP contribution in [0.15, 0.2) is 37.1 Å². The number of nitrogens with zero attached hydrogens (tertiary/aromatic N) is 5. The Morgan fingerprint density at radius 3 is 2.76 bits per heavy atom. The van der Waals surface area contributed by atoms with Crippen LogP contribution in [-0.2, 0) is 4.74 Å². The molecule has 2 aliphatic rings. The minimum Gasteiger partial charge on any atom is -0.474 e. The van der Waals surface area contributed by atoms with E-state index in [-0.39, 0.29) is 12.0 Å². The third kappa shape index (κ3) is 4.78. The van der Waals surface area contributed by atoms with Gasteiger partial charge in [-0.3, -0.25) is 9.78 Å². The number of amides is 1. The Hall–Kier alpha value is -3.20. The standard InChI is InChI=1S/C24H30N6O3/c1-2-26-23(31)17-13-20-21(27-15-17)14-22(29-9-11-32-12-10-29)28-24(20)33-19-5-3-18(4-6-19)30-8-7-25-16-30/h7-8,13-16,18-19H,2-6,9-12H2,1H3,(H,26,31). The highest BCUT2D eigenvalue weighted by Gasteiger charge is 2.25. The number of carbonyl (C=O) groups is 1. The van der Waals surface area contributed by atoms with E-state index in [4.69, 9.17) is 14.5 Å². The molecule has 9 nitrogen and oxygen atoms in total. The van der Waals surface area contributed by atoms with E-state index in [1.165, 1.54) is 0 Å². The second-order valence-corrected chi connectivity index (χ2v) is 8.59. The van der Waals surface area contributed by atoms with Gasteiger partial charge in [-0.15, -0.1) is 0 Å². The average Bonchev–Trinajstić information content (AvgIpc) is 3.40. The van der Waals surface area contributed by atoms with Gasteiger partial charge in [0.1, 0.15) is 11.9 Å². The summed E-state index contributed by atoms with van der Waals surface area (Å²) in [6.45, 7) is 5.39. The molecular weight excluding hydrogens is 420 g/mol. The van der Waals surface area contributed by atoms with Gasteiger partial charge in [0.25, 0.3) is 5.91 Å². The van der Waals surface area contributed by atoms with Crippen LogP contribution < -0.4 is 15.0 Å². The molecule has 1 amide bonds. The van der Waals surface area contributed by atoms with Crippen molar-refractivity contribution >= 4 is 22.6 Å². The topological polar surface area (TPSA) is 94.4 Å². The zero-order valence-electron chi connectivity index (χ0n) is 18.9. The van der Waals surface area contributed by atoms with Crippen LogP contribution in [0.5, 0.6) is 5.88 Å². The normalized spacial score (nSPS) is 21.2. The summed E-state index contributed by atoms with van der Waals surface area (Å²) in [5, 5.41) is 3.61. The number of hydrogen-bond donors (Lipinski definition) is 1. The third-order valence-corrected chi connectivity index (χ3v) is 6.43. The molecule has 9 heteroatoms. The van der Waals surface area contributed by atoms with Crippen molar-refractivity contribution in [3.8, 4) is 5.88 Å². The number of pyridine rings is 2. The van der Waals surface area contributed by atoms with Crippen LogP contribution in [0.3, 0.4) is 0 Å². The minimum absolute atomic E-state index is 0.0773. The van der Waals surface area contributed by atoms with Crippen molar-refractivity contribution in [1.82, 2.24) is 24.8 Å². The van der Waals surface area contributed by atoms with Gasteiger partial charge in [-0.2, -0.15) is 4.98 Å². The maximum absolute atomic E-state index is 12.4. The molecule has 1 saturated heterocycles. The first-order valence-corrected chi connectivity index (χ1v) is 11.8. The van der Waals surface area contributed by atoms with Crippen LogP contribution in [0.25, 0.3) is 10.9 Å². The fourth-order valence-corrected chi connectivity index (χ4v) is 4.62. The highest BCUT2D eigenvalue weighted by atomic mass is 16.5. The molecule has 1 aliphatic carbocycles. The summed E-state index contributed by atoms with van der Waals surface area (Å²) in [7, 11) is 0. The van der Waals surface area contributed by atoms with Crippen molar-refractivity contribution in [2.45, 2.75) is 44.8 Å². The summed E-state index contributed by atoms with van der Waals surface area (Å²) in [5.41, 5.74) is 1.29. The first kappa shape index (κ1) is 21.6. The third-order valence-electron chi connectivity index (χ3n) is 6.43. The maximum atomic E-state index is 12.4. The molecule has 0 unspecified atom stereocenters. The summed E-state index contributed by atoms with van der Waals surface area (Å²) >= 11 is 0. The van der Waals surface area contributed by atoms with Crippen LogP contribution in [0.4, 0.5) is 5.82 Å². The number of nitrogens with one attached hydrogen (secondary N) is 1. The monoisotopic (exact) mass is 450 g/mol. The van der Waals surface area contributed by atoms with Crippen molar-refractivity contribution in [3.63, 3.8) is 0 Å². The van der Waals surface area contributed by atoms with Gasteiger partial charge in [-0.25, -0.2) is 4.98 Å². The first-order chi connectivity index (χ1) is 16.2. The van der Waals surface area contributed by atoms with E-state index in [9.17, 15) is 4.79 Å². The number of carbonyl (C=O) groups excluding carboxylic acids is 1. The molecule has 0 atom stereocenters. The number of aromatic nitrogens is 4. The SMILES string of the molecule is CCNC(=O)c1cnc2cc(N3CCOCC3)nc(OC3CCC(n4ccnc4)CC3)c2c1. The molecule has 1 N–H and O–H groups in total. The van der Waals surface area contributed by atoms with Gasteiger partial charge in [0.15, 0.2) is 0 Å². The Balaban J connectivity index is 1.42. The highest BCUT2D eigenvalue weighted by Crippen LogP contribution is 2.34. The lowest BCUT2D eigenvalue weighted by Gasteiger charge is -2.31. The first-order valence-electron chi connectivity index (χ1n) is 11.8. The molecule has 0 aromatic carbocycles. The molecule has 0 radical (unpaired) electrons. The molecule has 3 aromatic rings. The zero-order chi connectivity index (χ0) is 22.6. The van der Waals surface area contributed by atoms with Crippen molar-refractivity contribution in [2.24, 2.45) is 0 Å². The second kappa shape index (κ2) is 9.74. The lowest BCUT2D eigenvalue weighted by molar-refractivity contribution is 0.0955. The Kier molecular flexibility index (Phi) is 6.39. The molecule has 3 aromatic heterocycles. The quantitative estimate of drug-likeness (QED) is 0.617. The van der Waals surface area contributed by atoms with Gasteiger partial charge in [0, 0.05) is 50.3 Å². The smallest absolute Gasteiger partial charge is 0.252 e. The van der Waals surface area contributed by atoms with Crippen LogP contribution in [0, 0.1) is 0 Å². The van der Waals surface area contributed by atoms with Gasteiger partial charge >= 0.3 is 0 Å². The average molecular weight is 451 g/mol. The number of morpholine rings is 1. The van der Waals surface area contributed by atoms with Crippen LogP contribution in [0.1, 0.15) is 49.0 Å². The molecule has 1 saturated carbocycles. The summed E-state index contributed by atoms with van der Waals surface area (Å²) in [4.78, 5) is 28.3. The van der Waals surface area contributed by atoms with Crippen LogP contribution in [-0.4, -0.2) is 64.4 Å². The molecule has 33 heavy (non-hydrogen) atoms. The largest absolute Gasteiger partial charge is 0.474 e. The molecule has 174 valence electrons.